The average molecular weight is 468 g/mol. The highest BCUT2D eigenvalue weighted by molar-refractivity contribution is 6.22. The number of aromatic nitrogens is 1. The number of fused-ring (bicyclic) bond motifs is 1. The van der Waals surface area contributed by atoms with Crippen LogP contribution in [0.25, 0.3) is 10.9 Å². The summed E-state index contributed by atoms with van der Waals surface area (Å²) in [6.07, 6.45) is -1.22. The zero-order valence-electron chi connectivity index (χ0n) is 19.0. The Morgan fingerprint density at radius 1 is 1.03 bits per heavy atom. The van der Waals surface area contributed by atoms with Crippen LogP contribution in [-0.4, -0.2) is 48.8 Å². The maximum absolute atomic E-state index is 15.0. The summed E-state index contributed by atoms with van der Waals surface area (Å²) in [6.45, 7) is 1.05. The Morgan fingerprint density at radius 2 is 1.80 bits per heavy atom. The highest BCUT2D eigenvalue weighted by Crippen LogP contribution is 2.39. The highest BCUT2D eigenvalue weighted by atomic mass is 19.1. The highest BCUT2D eigenvalue weighted by Gasteiger charge is 2.37. The molecule has 7 nitrogen and oxygen atoms in total. The summed E-state index contributed by atoms with van der Waals surface area (Å²) in [5.41, 5.74) is 3.92. The molecule has 2 amide bonds. The molecule has 0 saturated carbocycles. The largest absolute Gasteiger partial charge is 0.371 e. The first-order valence-electron chi connectivity index (χ1n) is 11.4. The molecule has 174 valence electrons. The Balaban J connectivity index is 1.47. The number of halogens is 1. The van der Waals surface area contributed by atoms with Crippen LogP contribution < -0.4 is 15.1 Å². The van der Waals surface area contributed by atoms with Crippen LogP contribution in [-0.2, 0) is 4.79 Å². The molecule has 3 heterocycles. The number of para-hydroxylation sites is 2. The zero-order chi connectivity index (χ0) is 24.1. The van der Waals surface area contributed by atoms with Gasteiger partial charge in [-0.3, -0.25) is 9.59 Å². The number of aliphatic imine (C=N–C) groups is 1. The first-order valence-corrected chi connectivity index (χ1v) is 11.4. The van der Waals surface area contributed by atoms with Gasteiger partial charge in [0.2, 0.25) is 6.17 Å². The molecule has 8 heteroatoms. The fraction of sp³-hybridized carbons (Fsp3) is 0.148. The Labute approximate surface area is 200 Å². The Bertz CT molecular complexity index is 1490. The van der Waals surface area contributed by atoms with E-state index in [4.69, 9.17) is 0 Å². The topological polar surface area (TPSA) is 80.8 Å². The molecule has 0 unspecified atom stereocenters. The van der Waals surface area contributed by atoms with Gasteiger partial charge in [0.25, 0.3) is 11.8 Å². The lowest BCUT2D eigenvalue weighted by Crippen LogP contribution is -2.51. The molecule has 0 radical (unpaired) electrons. The van der Waals surface area contributed by atoms with Crippen LogP contribution in [0.15, 0.2) is 77.8 Å². The van der Waals surface area contributed by atoms with Crippen molar-refractivity contribution in [1.29, 1.82) is 0 Å². The minimum atomic E-state index is -1.22. The summed E-state index contributed by atoms with van der Waals surface area (Å²) < 4.78 is 15.0. The molecule has 4 aromatic rings. The van der Waals surface area contributed by atoms with Gasteiger partial charge in [-0.2, -0.15) is 0 Å². The van der Waals surface area contributed by atoms with Crippen molar-refractivity contribution in [2.75, 3.05) is 29.9 Å². The normalized spacial score (nSPS) is 17.1. The number of benzene rings is 3. The molecule has 0 bridgehead atoms. The molecule has 0 spiro atoms. The van der Waals surface area contributed by atoms with E-state index in [2.05, 4.69) is 20.2 Å². The molecule has 3 aromatic carbocycles. The van der Waals surface area contributed by atoms with E-state index in [1.165, 1.54) is 6.07 Å². The number of hydrogen-bond donors (Lipinski definition) is 2. The summed E-state index contributed by atoms with van der Waals surface area (Å²) in [5.74, 6) is -1.27. The van der Waals surface area contributed by atoms with E-state index < -0.39 is 17.9 Å². The number of carbonyl (C=O) groups is 2. The summed E-state index contributed by atoms with van der Waals surface area (Å²) in [6, 6.07) is 21.2. The number of likely N-dealkylation sites (N-methyl/N-ethyl adjacent to an activating group) is 1. The summed E-state index contributed by atoms with van der Waals surface area (Å²) in [7, 11) is 1.96. The predicted molar refractivity (Wildman–Crippen MR) is 134 cm³/mol. The number of rotatable bonds is 3. The van der Waals surface area contributed by atoms with Gasteiger partial charge in [0.1, 0.15) is 11.5 Å². The molecule has 6 rings (SSSR count). The smallest absolute Gasteiger partial charge is 0.272 e. The standard InChI is InChI=1S/C27H22FN5O2/c1-32-13-14-33-24-18(9-6-12-22(24)32)23(17-8-3-4-10-19(17)28)30-25(27(33)35)31-26(34)21-15-16-7-2-5-11-20(16)29-21/h2-12,15,25,29H,13-14H2,1H3,(H,31,34)/t25-/m0/s1. The molecular weight excluding hydrogens is 445 g/mol. The molecule has 0 aliphatic carbocycles. The number of anilines is 2. The first kappa shape index (κ1) is 21.1. The number of amides is 2. The monoisotopic (exact) mass is 467 g/mol. The van der Waals surface area contributed by atoms with Gasteiger partial charge in [0, 0.05) is 42.2 Å². The van der Waals surface area contributed by atoms with Crippen LogP contribution in [0.1, 0.15) is 21.6 Å². The third-order valence-electron chi connectivity index (χ3n) is 6.54. The molecule has 2 aliphatic heterocycles. The van der Waals surface area contributed by atoms with E-state index in [1.54, 1.807) is 29.2 Å². The average Bonchev–Trinajstić information content (AvgIpc) is 3.27. The van der Waals surface area contributed by atoms with E-state index in [9.17, 15) is 14.0 Å². The van der Waals surface area contributed by atoms with Crippen molar-refractivity contribution in [2.24, 2.45) is 4.99 Å². The molecule has 1 aromatic heterocycles. The summed E-state index contributed by atoms with van der Waals surface area (Å²) >= 11 is 0. The van der Waals surface area contributed by atoms with Gasteiger partial charge in [-0.05, 0) is 30.3 Å². The summed E-state index contributed by atoms with van der Waals surface area (Å²) in [4.78, 5) is 38.4. The maximum atomic E-state index is 15.0. The van der Waals surface area contributed by atoms with E-state index >= 15 is 0 Å². The van der Waals surface area contributed by atoms with Crippen LogP contribution in [0.2, 0.25) is 0 Å². The van der Waals surface area contributed by atoms with Gasteiger partial charge in [0.15, 0.2) is 0 Å². The number of nitrogens with zero attached hydrogens (tertiary/aromatic N) is 3. The molecule has 2 N–H and O–H groups in total. The van der Waals surface area contributed by atoms with Gasteiger partial charge in [-0.1, -0.05) is 42.5 Å². The number of H-pyrrole nitrogens is 1. The maximum Gasteiger partial charge on any atom is 0.272 e. The third-order valence-corrected chi connectivity index (χ3v) is 6.54. The van der Waals surface area contributed by atoms with Crippen molar-refractivity contribution in [3.8, 4) is 0 Å². The molecule has 0 fully saturated rings. The van der Waals surface area contributed by atoms with Gasteiger partial charge >= 0.3 is 0 Å². The van der Waals surface area contributed by atoms with Crippen LogP contribution >= 0.6 is 0 Å². The van der Waals surface area contributed by atoms with Gasteiger partial charge in [-0.15, -0.1) is 0 Å². The van der Waals surface area contributed by atoms with E-state index in [1.807, 2.05) is 49.5 Å². The van der Waals surface area contributed by atoms with E-state index in [0.717, 1.165) is 16.6 Å². The fourth-order valence-electron chi connectivity index (χ4n) is 4.78. The van der Waals surface area contributed by atoms with Gasteiger partial charge in [-0.25, -0.2) is 9.38 Å². The minimum Gasteiger partial charge on any atom is -0.371 e. The first-order chi connectivity index (χ1) is 17.0. The number of nitrogens with one attached hydrogen (secondary N) is 2. The lowest BCUT2D eigenvalue weighted by Gasteiger charge is -2.36. The molecule has 1 atom stereocenters. The van der Waals surface area contributed by atoms with Gasteiger partial charge < -0.3 is 20.1 Å². The predicted octanol–water partition coefficient (Wildman–Crippen LogP) is 3.70. The second-order valence-corrected chi connectivity index (χ2v) is 8.69. The van der Waals surface area contributed by atoms with Crippen molar-refractivity contribution >= 4 is 39.8 Å². The van der Waals surface area contributed by atoms with Crippen molar-refractivity contribution in [3.63, 3.8) is 0 Å². The third kappa shape index (κ3) is 3.45. The fourth-order valence-corrected chi connectivity index (χ4v) is 4.78. The molecule has 35 heavy (non-hydrogen) atoms. The Hall–Kier alpha value is -4.46. The lowest BCUT2D eigenvalue weighted by molar-refractivity contribution is -0.120. The Kier molecular flexibility index (Phi) is 4.88. The van der Waals surface area contributed by atoms with Crippen LogP contribution in [0.3, 0.4) is 0 Å². The summed E-state index contributed by atoms with van der Waals surface area (Å²) in [5, 5.41) is 3.66. The second kappa shape index (κ2) is 8.09. The van der Waals surface area contributed by atoms with E-state index in [-0.39, 0.29) is 11.5 Å². The van der Waals surface area contributed by atoms with Crippen molar-refractivity contribution < 1.29 is 14.0 Å². The lowest BCUT2D eigenvalue weighted by atomic mass is 9.97. The number of hydrogen-bond acceptors (Lipinski definition) is 4. The van der Waals surface area contributed by atoms with E-state index in [0.29, 0.717) is 35.7 Å². The van der Waals surface area contributed by atoms with Crippen LogP contribution in [0.4, 0.5) is 15.8 Å². The van der Waals surface area contributed by atoms with Crippen LogP contribution in [0, 0.1) is 5.82 Å². The SMILES string of the molecule is CN1CCN2C(=O)[C@H](NC(=O)c3cc4ccccc4[nH]3)N=C(c3ccccc3F)c3cccc1c32. The molecular formula is C27H22FN5O2. The number of carbonyl (C=O) groups excluding carboxylic acids is 2. The minimum absolute atomic E-state index is 0.272. The molecule has 2 aliphatic rings. The van der Waals surface area contributed by atoms with Crippen molar-refractivity contribution in [3.05, 3.63) is 95.4 Å². The van der Waals surface area contributed by atoms with Crippen LogP contribution in [0.5, 0.6) is 0 Å². The van der Waals surface area contributed by atoms with Crippen molar-refractivity contribution in [1.82, 2.24) is 10.3 Å². The van der Waals surface area contributed by atoms with Gasteiger partial charge in [0.05, 0.1) is 17.1 Å². The number of aromatic amines is 1. The molecule has 0 saturated heterocycles. The zero-order valence-corrected chi connectivity index (χ0v) is 19.0. The quantitative estimate of drug-likeness (QED) is 0.482. The Morgan fingerprint density at radius 3 is 2.63 bits per heavy atom. The van der Waals surface area contributed by atoms with Crippen molar-refractivity contribution in [2.45, 2.75) is 6.17 Å². The second-order valence-electron chi connectivity index (χ2n) is 8.69.